The van der Waals surface area contributed by atoms with Crippen molar-refractivity contribution in [1.82, 2.24) is 14.7 Å². The SMILES string of the molecule is CC(C)(C)CC1CNc2cccc(n2)SNC(=O)c2ccc(C(C)(C)C)nc2N2CC(C1)CC2(C)C. The first-order valence-corrected chi connectivity index (χ1v) is 14.0. The molecular formula is C29H43N5OS. The number of carbonyl (C=O) groups is 1. The number of nitrogens with one attached hydrogen (secondary N) is 2. The summed E-state index contributed by atoms with van der Waals surface area (Å²) in [6.45, 7) is 19.9. The van der Waals surface area contributed by atoms with Crippen LogP contribution in [0.2, 0.25) is 0 Å². The van der Waals surface area contributed by atoms with Crippen LogP contribution in [0, 0.1) is 17.3 Å². The van der Waals surface area contributed by atoms with Crippen molar-refractivity contribution in [3.8, 4) is 0 Å². The molecule has 2 aliphatic rings. The molecule has 6 nitrogen and oxygen atoms in total. The maximum absolute atomic E-state index is 13.5. The normalized spacial score (nSPS) is 22.7. The van der Waals surface area contributed by atoms with E-state index in [4.69, 9.17) is 9.97 Å². The highest BCUT2D eigenvalue weighted by Crippen LogP contribution is 2.42. The summed E-state index contributed by atoms with van der Waals surface area (Å²) in [6, 6.07) is 9.87. The Morgan fingerprint density at radius 3 is 2.53 bits per heavy atom. The quantitative estimate of drug-likeness (QED) is 0.418. The fraction of sp³-hybridized carbons (Fsp3) is 0.621. The molecule has 1 amide bonds. The zero-order chi connectivity index (χ0) is 26.3. The van der Waals surface area contributed by atoms with Crippen molar-refractivity contribution in [2.75, 3.05) is 23.3 Å². The van der Waals surface area contributed by atoms with Crippen molar-refractivity contribution in [1.29, 1.82) is 0 Å². The standard InChI is InChI=1S/C29H43N5OS/c1-27(2,3)15-19-14-20-16-29(7,8)34(18-20)25-21(12-13-22(31-25)28(4,5)6)26(35)33-36-24-11-9-10-23(32-24)30-17-19/h9-13,19-20H,14-18H2,1-8H3,(H,30,32)(H,33,35). The van der Waals surface area contributed by atoms with Gasteiger partial charge in [-0.25, -0.2) is 9.97 Å². The maximum Gasteiger partial charge on any atom is 0.265 e. The topological polar surface area (TPSA) is 70.1 Å². The number of carbonyl (C=O) groups excluding carboxylic acids is 1. The van der Waals surface area contributed by atoms with Gasteiger partial charge in [-0.05, 0) is 74.6 Å². The van der Waals surface area contributed by atoms with Crippen molar-refractivity contribution in [2.45, 2.75) is 90.6 Å². The summed E-state index contributed by atoms with van der Waals surface area (Å²) in [4.78, 5) is 25.7. The highest BCUT2D eigenvalue weighted by molar-refractivity contribution is 7.97. The number of amides is 1. The molecule has 196 valence electrons. The predicted molar refractivity (Wildman–Crippen MR) is 151 cm³/mol. The van der Waals surface area contributed by atoms with E-state index in [9.17, 15) is 4.79 Å². The lowest BCUT2D eigenvalue weighted by molar-refractivity contribution is 0.0984. The fourth-order valence-corrected chi connectivity index (χ4v) is 6.31. The van der Waals surface area contributed by atoms with Gasteiger partial charge in [0.2, 0.25) is 0 Å². The van der Waals surface area contributed by atoms with Crippen LogP contribution < -0.4 is 14.9 Å². The largest absolute Gasteiger partial charge is 0.370 e. The van der Waals surface area contributed by atoms with E-state index in [0.29, 0.717) is 17.4 Å². The molecule has 2 aromatic rings. The van der Waals surface area contributed by atoms with Gasteiger partial charge in [0.1, 0.15) is 16.7 Å². The minimum atomic E-state index is -0.136. The van der Waals surface area contributed by atoms with E-state index in [2.05, 4.69) is 70.3 Å². The third-order valence-electron chi connectivity index (χ3n) is 7.21. The van der Waals surface area contributed by atoms with Crippen molar-refractivity contribution in [3.63, 3.8) is 0 Å². The third kappa shape index (κ3) is 6.34. The molecule has 2 unspecified atom stereocenters. The Morgan fingerprint density at radius 2 is 1.83 bits per heavy atom. The fourth-order valence-electron chi connectivity index (χ4n) is 5.72. The molecule has 36 heavy (non-hydrogen) atoms. The van der Waals surface area contributed by atoms with Gasteiger partial charge < -0.3 is 10.2 Å². The highest BCUT2D eigenvalue weighted by atomic mass is 32.2. The van der Waals surface area contributed by atoms with Gasteiger partial charge in [0, 0.05) is 41.7 Å². The van der Waals surface area contributed by atoms with Crippen LogP contribution in [0.4, 0.5) is 11.6 Å². The van der Waals surface area contributed by atoms with Crippen LogP contribution in [-0.4, -0.2) is 34.5 Å². The average molecular weight is 510 g/mol. The lowest BCUT2D eigenvalue weighted by Gasteiger charge is -2.34. The zero-order valence-corrected chi connectivity index (χ0v) is 24.1. The summed E-state index contributed by atoms with van der Waals surface area (Å²) < 4.78 is 3.02. The summed E-state index contributed by atoms with van der Waals surface area (Å²) >= 11 is 1.26. The molecule has 4 heterocycles. The van der Waals surface area contributed by atoms with Crippen LogP contribution in [-0.2, 0) is 5.41 Å². The van der Waals surface area contributed by atoms with Gasteiger partial charge in [0.25, 0.3) is 5.91 Å². The Labute approximate surface area is 221 Å². The molecule has 0 aromatic carbocycles. The maximum atomic E-state index is 13.5. The first-order valence-electron chi connectivity index (χ1n) is 13.2. The van der Waals surface area contributed by atoms with Gasteiger partial charge in [-0.1, -0.05) is 47.6 Å². The minimum Gasteiger partial charge on any atom is -0.370 e. The van der Waals surface area contributed by atoms with Gasteiger partial charge in [-0.2, -0.15) is 0 Å². The number of hydrogen-bond donors (Lipinski definition) is 2. The second kappa shape index (κ2) is 9.88. The second-order valence-electron chi connectivity index (χ2n) is 13.5. The van der Waals surface area contributed by atoms with Crippen molar-refractivity contribution < 1.29 is 4.79 Å². The molecule has 0 aliphatic carbocycles. The van der Waals surface area contributed by atoms with E-state index in [1.807, 2.05) is 30.3 Å². The molecule has 2 aliphatic heterocycles. The Bertz CT molecular complexity index is 1100. The van der Waals surface area contributed by atoms with Crippen LogP contribution in [0.3, 0.4) is 0 Å². The molecule has 2 atom stereocenters. The molecule has 0 spiro atoms. The minimum absolute atomic E-state index is 0.0843. The number of fused-ring (bicyclic) bond motifs is 6. The molecule has 4 rings (SSSR count). The second-order valence-corrected chi connectivity index (χ2v) is 14.3. The first-order chi connectivity index (χ1) is 16.7. The number of rotatable bonds is 1. The van der Waals surface area contributed by atoms with E-state index >= 15 is 0 Å². The average Bonchev–Trinajstić information content (AvgIpc) is 3.07. The number of anilines is 2. The molecule has 0 saturated carbocycles. The van der Waals surface area contributed by atoms with Gasteiger partial charge in [-0.3, -0.25) is 9.52 Å². The Kier molecular flexibility index (Phi) is 7.35. The molecule has 1 saturated heterocycles. The summed E-state index contributed by atoms with van der Waals surface area (Å²) in [6.07, 6.45) is 3.37. The zero-order valence-electron chi connectivity index (χ0n) is 23.2. The van der Waals surface area contributed by atoms with Gasteiger partial charge >= 0.3 is 0 Å². The van der Waals surface area contributed by atoms with Gasteiger partial charge in [0.15, 0.2) is 0 Å². The number of aromatic nitrogens is 2. The molecule has 7 heteroatoms. The number of hydrogen-bond acceptors (Lipinski definition) is 6. The van der Waals surface area contributed by atoms with Crippen LogP contribution in [0.1, 0.15) is 90.7 Å². The van der Waals surface area contributed by atoms with Gasteiger partial charge in [0.05, 0.1) is 5.56 Å². The van der Waals surface area contributed by atoms with Crippen LogP contribution >= 0.6 is 11.9 Å². The smallest absolute Gasteiger partial charge is 0.265 e. The van der Waals surface area contributed by atoms with Crippen LogP contribution in [0.15, 0.2) is 35.4 Å². The first kappa shape index (κ1) is 26.8. The van der Waals surface area contributed by atoms with Gasteiger partial charge in [-0.15, -0.1) is 0 Å². The summed E-state index contributed by atoms with van der Waals surface area (Å²) in [5.74, 6) is 2.58. The predicted octanol–water partition coefficient (Wildman–Crippen LogP) is 6.68. The Balaban J connectivity index is 1.77. The summed E-state index contributed by atoms with van der Waals surface area (Å²) in [5.41, 5.74) is 1.69. The van der Waals surface area contributed by atoms with Crippen molar-refractivity contribution in [3.05, 3.63) is 41.6 Å². The van der Waals surface area contributed by atoms with Crippen molar-refractivity contribution >= 4 is 29.5 Å². The monoisotopic (exact) mass is 509 g/mol. The van der Waals surface area contributed by atoms with E-state index in [-0.39, 0.29) is 22.3 Å². The van der Waals surface area contributed by atoms with Crippen LogP contribution in [0.5, 0.6) is 0 Å². The van der Waals surface area contributed by atoms with E-state index < -0.39 is 0 Å². The molecule has 1 fully saturated rings. The molecule has 2 N–H and O–H groups in total. The third-order valence-corrected chi connectivity index (χ3v) is 7.94. The Morgan fingerprint density at radius 1 is 1.08 bits per heavy atom. The summed E-state index contributed by atoms with van der Waals surface area (Å²) in [5, 5.41) is 4.36. The lowest BCUT2D eigenvalue weighted by atomic mass is 9.79. The van der Waals surface area contributed by atoms with E-state index in [0.717, 1.165) is 54.7 Å². The van der Waals surface area contributed by atoms with E-state index in [1.54, 1.807) is 0 Å². The highest BCUT2D eigenvalue weighted by Gasteiger charge is 2.42. The number of pyridine rings is 2. The Hall–Kier alpha value is -2.28. The molecule has 4 bridgehead atoms. The van der Waals surface area contributed by atoms with Crippen molar-refractivity contribution in [2.24, 2.45) is 17.3 Å². The molecule has 2 aromatic heterocycles. The molecule has 0 radical (unpaired) electrons. The summed E-state index contributed by atoms with van der Waals surface area (Å²) in [7, 11) is 0. The number of nitrogens with zero attached hydrogens (tertiary/aromatic N) is 3. The lowest BCUT2D eigenvalue weighted by Crippen LogP contribution is -2.40. The van der Waals surface area contributed by atoms with E-state index in [1.165, 1.54) is 11.9 Å². The molecular weight excluding hydrogens is 466 g/mol. The van der Waals surface area contributed by atoms with Crippen LogP contribution in [0.25, 0.3) is 0 Å².